The predicted molar refractivity (Wildman–Crippen MR) is 117 cm³/mol. The normalized spacial score (nSPS) is 10.8. The molecule has 0 bridgehead atoms. The maximum Gasteiger partial charge on any atom is 0.256 e. The van der Waals surface area contributed by atoms with Crippen molar-refractivity contribution in [2.75, 3.05) is 12.3 Å². The van der Waals surface area contributed by atoms with E-state index in [1.807, 2.05) is 54.6 Å². The van der Waals surface area contributed by atoms with Crippen molar-refractivity contribution in [1.82, 2.24) is 15.1 Å². The van der Waals surface area contributed by atoms with Crippen molar-refractivity contribution in [3.63, 3.8) is 0 Å². The first-order valence-electron chi connectivity index (χ1n) is 8.92. The molecule has 1 amide bonds. The fraction of sp³-hybridized carbons (Fsp3) is 0.238. The molecule has 2 aromatic carbocycles. The van der Waals surface area contributed by atoms with Gasteiger partial charge in [0.15, 0.2) is 0 Å². The van der Waals surface area contributed by atoms with Crippen molar-refractivity contribution in [2.24, 2.45) is 0 Å². The van der Waals surface area contributed by atoms with Gasteiger partial charge in [-0.05, 0) is 30.2 Å². The van der Waals surface area contributed by atoms with Gasteiger partial charge in [-0.25, -0.2) is 4.68 Å². The van der Waals surface area contributed by atoms with E-state index in [4.69, 9.17) is 23.2 Å². The van der Waals surface area contributed by atoms with Crippen molar-refractivity contribution in [1.29, 1.82) is 0 Å². The second-order valence-electron chi connectivity index (χ2n) is 6.33. The van der Waals surface area contributed by atoms with Crippen LogP contribution < -0.4 is 5.32 Å². The Hall–Kier alpha value is -1.95. The Balaban J connectivity index is 1.50. The van der Waals surface area contributed by atoms with Gasteiger partial charge >= 0.3 is 0 Å². The van der Waals surface area contributed by atoms with E-state index in [1.54, 1.807) is 23.4 Å². The highest BCUT2D eigenvalue weighted by Crippen LogP contribution is 2.21. The van der Waals surface area contributed by atoms with Crippen LogP contribution in [0.4, 0.5) is 0 Å². The van der Waals surface area contributed by atoms with E-state index in [0.29, 0.717) is 29.5 Å². The zero-order valence-electron chi connectivity index (χ0n) is 15.5. The molecule has 0 fully saturated rings. The summed E-state index contributed by atoms with van der Waals surface area (Å²) in [6, 6.07) is 17.7. The summed E-state index contributed by atoms with van der Waals surface area (Å²) in [6.45, 7) is 2.90. The largest absolute Gasteiger partial charge is 0.351 e. The topological polar surface area (TPSA) is 46.9 Å². The van der Waals surface area contributed by atoms with Gasteiger partial charge in [0.25, 0.3) is 5.91 Å². The average molecular weight is 434 g/mol. The van der Waals surface area contributed by atoms with Crippen LogP contribution in [-0.2, 0) is 12.3 Å². The van der Waals surface area contributed by atoms with Crippen LogP contribution in [0.5, 0.6) is 0 Å². The Bertz CT molecular complexity index is 927. The predicted octanol–water partition coefficient (Wildman–Crippen LogP) is 5.21. The molecule has 1 N–H and O–H groups in total. The molecular weight excluding hydrogens is 413 g/mol. The van der Waals surface area contributed by atoms with Gasteiger partial charge in [0.05, 0.1) is 17.8 Å². The highest BCUT2D eigenvalue weighted by Gasteiger charge is 2.20. The molecule has 0 unspecified atom stereocenters. The summed E-state index contributed by atoms with van der Waals surface area (Å²) >= 11 is 14.1. The number of hydrogen-bond donors (Lipinski definition) is 1. The van der Waals surface area contributed by atoms with Gasteiger partial charge < -0.3 is 5.32 Å². The maximum absolute atomic E-state index is 12.5. The van der Waals surface area contributed by atoms with Crippen LogP contribution in [0.3, 0.4) is 0 Å². The number of hydrogen-bond acceptors (Lipinski definition) is 3. The van der Waals surface area contributed by atoms with Gasteiger partial charge in [0.2, 0.25) is 0 Å². The zero-order chi connectivity index (χ0) is 19.9. The molecule has 0 aliphatic heterocycles. The Kier molecular flexibility index (Phi) is 7.43. The number of benzene rings is 2. The number of thioether (sulfide) groups is 1. The summed E-state index contributed by atoms with van der Waals surface area (Å²) in [4.78, 5) is 12.5. The van der Waals surface area contributed by atoms with E-state index in [2.05, 4.69) is 10.4 Å². The highest BCUT2D eigenvalue weighted by molar-refractivity contribution is 7.98. The van der Waals surface area contributed by atoms with Crippen LogP contribution in [0.1, 0.15) is 27.2 Å². The maximum atomic E-state index is 12.5. The lowest BCUT2D eigenvalue weighted by Crippen LogP contribution is -2.26. The van der Waals surface area contributed by atoms with Crippen molar-refractivity contribution < 1.29 is 4.79 Å². The monoisotopic (exact) mass is 433 g/mol. The average Bonchev–Trinajstić information content (AvgIpc) is 2.97. The summed E-state index contributed by atoms with van der Waals surface area (Å²) in [5, 5.41) is 8.47. The molecule has 0 aliphatic carbocycles. The van der Waals surface area contributed by atoms with Gasteiger partial charge in [-0.1, -0.05) is 65.7 Å². The molecule has 28 heavy (non-hydrogen) atoms. The van der Waals surface area contributed by atoms with Gasteiger partial charge in [-0.3, -0.25) is 4.79 Å². The first-order valence-corrected chi connectivity index (χ1v) is 10.8. The minimum absolute atomic E-state index is 0.186. The number of aryl methyl sites for hydroxylation is 1. The molecule has 1 heterocycles. The van der Waals surface area contributed by atoms with Crippen LogP contribution in [0.2, 0.25) is 10.2 Å². The molecule has 7 heteroatoms. The SMILES string of the molecule is Cc1nn(Cc2ccccc2)c(Cl)c1C(=O)NCCSCc1ccc(Cl)cc1. The number of nitrogens with zero attached hydrogens (tertiary/aromatic N) is 2. The number of aromatic nitrogens is 2. The fourth-order valence-corrected chi connectivity index (χ4v) is 4.03. The molecule has 3 rings (SSSR count). The molecule has 0 atom stereocenters. The summed E-state index contributed by atoms with van der Waals surface area (Å²) in [7, 11) is 0. The number of nitrogens with one attached hydrogen (secondary N) is 1. The van der Waals surface area contributed by atoms with E-state index in [-0.39, 0.29) is 5.91 Å². The molecule has 0 spiro atoms. The van der Waals surface area contributed by atoms with Crippen LogP contribution >= 0.6 is 35.0 Å². The Morgan fingerprint density at radius 3 is 2.50 bits per heavy atom. The minimum atomic E-state index is -0.186. The molecule has 4 nitrogen and oxygen atoms in total. The molecule has 146 valence electrons. The standard InChI is InChI=1S/C21H21Cl2N3OS/c1-15-19(20(23)26(25-15)13-16-5-3-2-4-6-16)21(27)24-11-12-28-14-17-7-9-18(22)10-8-17/h2-10H,11-14H2,1H3,(H,24,27). The van der Waals surface area contributed by atoms with Crippen LogP contribution in [0, 0.1) is 6.92 Å². The number of carbonyl (C=O) groups excluding carboxylic acids is 1. The van der Waals surface area contributed by atoms with Crippen LogP contribution in [0.25, 0.3) is 0 Å². The van der Waals surface area contributed by atoms with E-state index in [1.165, 1.54) is 5.56 Å². The summed E-state index contributed by atoms with van der Waals surface area (Å²) in [5.41, 5.74) is 3.37. The number of carbonyl (C=O) groups is 1. The third-order valence-corrected chi connectivity index (χ3v) is 5.85. The van der Waals surface area contributed by atoms with Crippen LogP contribution in [-0.4, -0.2) is 28.0 Å². The second kappa shape index (κ2) is 10.0. The van der Waals surface area contributed by atoms with Gasteiger partial charge in [0.1, 0.15) is 5.15 Å². The van der Waals surface area contributed by atoms with E-state index >= 15 is 0 Å². The number of halogens is 2. The second-order valence-corrected chi connectivity index (χ2v) is 8.23. The summed E-state index contributed by atoms with van der Waals surface area (Å²) in [5.74, 6) is 1.50. The van der Waals surface area contributed by atoms with Gasteiger partial charge in [-0.15, -0.1) is 0 Å². The van der Waals surface area contributed by atoms with Gasteiger partial charge in [0, 0.05) is 23.1 Å². The Morgan fingerprint density at radius 2 is 1.79 bits per heavy atom. The number of rotatable bonds is 8. The number of amides is 1. The minimum Gasteiger partial charge on any atom is -0.351 e. The fourth-order valence-electron chi connectivity index (χ4n) is 2.77. The molecular formula is C21H21Cl2N3OS. The molecule has 0 saturated carbocycles. The zero-order valence-corrected chi connectivity index (χ0v) is 17.8. The van der Waals surface area contributed by atoms with Crippen molar-refractivity contribution in [3.8, 4) is 0 Å². The third kappa shape index (κ3) is 5.53. The summed E-state index contributed by atoms with van der Waals surface area (Å²) in [6.07, 6.45) is 0. The lowest BCUT2D eigenvalue weighted by Gasteiger charge is -2.06. The molecule has 0 aliphatic rings. The first-order chi connectivity index (χ1) is 13.5. The smallest absolute Gasteiger partial charge is 0.256 e. The molecule has 3 aromatic rings. The molecule has 0 radical (unpaired) electrons. The third-order valence-electron chi connectivity index (χ3n) is 4.18. The highest BCUT2D eigenvalue weighted by atomic mass is 35.5. The van der Waals surface area contributed by atoms with E-state index < -0.39 is 0 Å². The van der Waals surface area contributed by atoms with Crippen molar-refractivity contribution in [2.45, 2.75) is 19.2 Å². The van der Waals surface area contributed by atoms with E-state index in [9.17, 15) is 4.79 Å². The molecule has 0 saturated heterocycles. The van der Waals surface area contributed by atoms with E-state index in [0.717, 1.165) is 22.1 Å². The Labute approximate surface area is 179 Å². The quantitative estimate of drug-likeness (QED) is 0.495. The summed E-state index contributed by atoms with van der Waals surface area (Å²) < 4.78 is 1.66. The van der Waals surface area contributed by atoms with Crippen molar-refractivity contribution in [3.05, 3.63) is 87.2 Å². The van der Waals surface area contributed by atoms with Crippen molar-refractivity contribution >= 4 is 40.9 Å². The van der Waals surface area contributed by atoms with Gasteiger partial charge in [-0.2, -0.15) is 16.9 Å². The first kappa shape index (κ1) is 20.8. The lowest BCUT2D eigenvalue weighted by molar-refractivity contribution is 0.0955. The Morgan fingerprint density at radius 1 is 1.07 bits per heavy atom. The van der Waals surface area contributed by atoms with Crippen LogP contribution in [0.15, 0.2) is 54.6 Å². The molecule has 1 aromatic heterocycles. The lowest BCUT2D eigenvalue weighted by atomic mass is 10.2.